The van der Waals surface area contributed by atoms with Gasteiger partial charge in [-0.25, -0.2) is 0 Å². The second kappa shape index (κ2) is 9.33. The van der Waals surface area contributed by atoms with E-state index in [1.165, 1.54) is 6.07 Å². The first-order chi connectivity index (χ1) is 13.7. The van der Waals surface area contributed by atoms with Crippen molar-refractivity contribution in [3.8, 4) is 0 Å². The standard InChI is InChI=1S/C22H34F3N3O/c1-16(2)11-18-12-19(27-26-18)14-28-9-7-21(15-29,8-10-28)13-17-5-3-4-6-20(17)22(23,24)25/h3-6,16,18-19,26-27,29H,7-15H2,1-2H3. The van der Waals surface area contributed by atoms with Crippen molar-refractivity contribution in [2.24, 2.45) is 11.3 Å². The first-order valence-electron chi connectivity index (χ1n) is 10.7. The van der Waals surface area contributed by atoms with E-state index in [0.717, 1.165) is 38.5 Å². The summed E-state index contributed by atoms with van der Waals surface area (Å²) in [5.74, 6) is 0.660. The van der Waals surface area contributed by atoms with Crippen molar-refractivity contribution in [2.45, 2.75) is 64.2 Å². The van der Waals surface area contributed by atoms with Gasteiger partial charge in [0.1, 0.15) is 0 Å². The molecule has 2 heterocycles. The molecule has 2 saturated heterocycles. The molecular formula is C22H34F3N3O. The van der Waals surface area contributed by atoms with Crippen molar-refractivity contribution >= 4 is 0 Å². The molecule has 7 heteroatoms. The highest BCUT2D eigenvalue weighted by molar-refractivity contribution is 5.31. The van der Waals surface area contributed by atoms with E-state index in [1.807, 2.05) is 0 Å². The Kier molecular flexibility index (Phi) is 7.25. The zero-order valence-electron chi connectivity index (χ0n) is 17.4. The van der Waals surface area contributed by atoms with Gasteiger partial charge < -0.3 is 10.0 Å². The Morgan fingerprint density at radius 1 is 1.14 bits per heavy atom. The SMILES string of the molecule is CC(C)CC1CC(CN2CCC(CO)(Cc3ccccc3C(F)(F)F)CC2)NN1. The summed E-state index contributed by atoms with van der Waals surface area (Å²) in [5, 5.41) is 10.1. The first kappa shape index (κ1) is 22.5. The van der Waals surface area contributed by atoms with Gasteiger partial charge in [0.25, 0.3) is 0 Å². The normalized spacial score (nSPS) is 25.6. The number of halogens is 3. The molecule has 3 rings (SSSR count). The van der Waals surface area contributed by atoms with Crippen LogP contribution in [-0.2, 0) is 12.6 Å². The van der Waals surface area contributed by atoms with Gasteiger partial charge >= 0.3 is 6.18 Å². The first-order valence-corrected chi connectivity index (χ1v) is 10.7. The van der Waals surface area contributed by atoms with Crippen LogP contribution in [0.1, 0.15) is 50.7 Å². The van der Waals surface area contributed by atoms with Crippen molar-refractivity contribution in [3.05, 3.63) is 35.4 Å². The predicted octanol–water partition coefficient (Wildman–Crippen LogP) is 3.60. The summed E-state index contributed by atoms with van der Waals surface area (Å²) in [6.45, 7) is 6.93. The fourth-order valence-electron chi connectivity index (χ4n) is 4.81. The highest BCUT2D eigenvalue weighted by Crippen LogP contribution is 2.39. The molecule has 1 aromatic carbocycles. The Balaban J connectivity index is 1.56. The molecule has 0 saturated carbocycles. The van der Waals surface area contributed by atoms with E-state index in [9.17, 15) is 18.3 Å². The van der Waals surface area contributed by atoms with Crippen molar-refractivity contribution in [2.75, 3.05) is 26.2 Å². The Morgan fingerprint density at radius 3 is 2.41 bits per heavy atom. The molecule has 164 valence electrons. The molecule has 0 amide bonds. The fourth-order valence-corrected chi connectivity index (χ4v) is 4.81. The third-order valence-corrected chi connectivity index (χ3v) is 6.44. The zero-order chi connectivity index (χ0) is 21.1. The summed E-state index contributed by atoms with van der Waals surface area (Å²) in [5.41, 5.74) is 6.02. The largest absolute Gasteiger partial charge is 0.416 e. The van der Waals surface area contributed by atoms with E-state index in [1.54, 1.807) is 12.1 Å². The van der Waals surface area contributed by atoms with E-state index in [4.69, 9.17) is 0 Å². The van der Waals surface area contributed by atoms with Gasteiger partial charge in [0, 0.05) is 25.2 Å². The highest BCUT2D eigenvalue weighted by Gasteiger charge is 2.39. The molecule has 1 aromatic rings. The van der Waals surface area contributed by atoms with Crippen LogP contribution in [0.3, 0.4) is 0 Å². The molecule has 4 nitrogen and oxygen atoms in total. The van der Waals surface area contributed by atoms with Crippen molar-refractivity contribution in [1.82, 2.24) is 15.8 Å². The Morgan fingerprint density at radius 2 is 1.79 bits per heavy atom. The van der Waals surface area contributed by atoms with E-state index in [0.29, 0.717) is 36.4 Å². The number of hydrogen-bond acceptors (Lipinski definition) is 4. The lowest BCUT2D eigenvalue weighted by Crippen LogP contribution is -2.47. The van der Waals surface area contributed by atoms with Gasteiger partial charge in [0.2, 0.25) is 0 Å². The number of likely N-dealkylation sites (tertiary alicyclic amines) is 1. The van der Waals surface area contributed by atoms with Gasteiger partial charge in [0.15, 0.2) is 0 Å². The quantitative estimate of drug-likeness (QED) is 0.639. The van der Waals surface area contributed by atoms with Crippen LogP contribution in [0, 0.1) is 11.3 Å². The number of piperidine rings is 1. The summed E-state index contributed by atoms with van der Waals surface area (Å²) in [6.07, 6.45) is -0.417. The minimum Gasteiger partial charge on any atom is -0.396 e. The molecule has 0 aromatic heterocycles. The summed E-state index contributed by atoms with van der Waals surface area (Å²) in [4.78, 5) is 2.38. The lowest BCUT2D eigenvalue weighted by molar-refractivity contribution is -0.138. The number of aliphatic hydroxyl groups excluding tert-OH is 1. The van der Waals surface area contributed by atoms with E-state index in [-0.39, 0.29) is 13.0 Å². The molecular weight excluding hydrogens is 379 g/mol. The zero-order valence-corrected chi connectivity index (χ0v) is 17.4. The fraction of sp³-hybridized carbons (Fsp3) is 0.727. The second-order valence-corrected chi connectivity index (χ2v) is 9.34. The van der Waals surface area contributed by atoms with Gasteiger partial charge in [-0.1, -0.05) is 32.0 Å². The smallest absolute Gasteiger partial charge is 0.396 e. The van der Waals surface area contributed by atoms with Gasteiger partial charge in [0.05, 0.1) is 5.56 Å². The van der Waals surface area contributed by atoms with Crippen LogP contribution in [0.5, 0.6) is 0 Å². The average molecular weight is 414 g/mol. The molecule has 0 radical (unpaired) electrons. The van der Waals surface area contributed by atoms with E-state index >= 15 is 0 Å². The molecule has 2 aliphatic rings. The van der Waals surface area contributed by atoms with Crippen LogP contribution >= 0.6 is 0 Å². The molecule has 0 spiro atoms. The van der Waals surface area contributed by atoms with E-state index in [2.05, 4.69) is 29.6 Å². The summed E-state index contributed by atoms with van der Waals surface area (Å²) in [7, 11) is 0. The van der Waals surface area contributed by atoms with Crippen LogP contribution in [0.15, 0.2) is 24.3 Å². The van der Waals surface area contributed by atoms with Gasteiger partial charge in [-0.05, 0) is 68.2 Å². The average Bonchev–Trinajstić information content (AvgIpc) is 3.09. The molecule has 0 aliphatic carbocycles. The molecule has 2 atom stereocenters. The lowest BCUT2D eigenvalue weighted by Gasteiger charge is -2.42. The van der Waals surface area contributed by atoms with Crippen LogP contribution in [-0.4, -0.2) is 48.3 Å². The third-order valence-electron chi connectivity index (χ3n) is 6.44. The van der Waals surface area contributed by atoms with E-state index < -0.39 is 17.2 Å². The number of hydrazine groups is 1. The number of nitrogens with one attached hydrogen (secondary N) is 2. The Bertz CT molecular complexity index is 657. The molecule has 2 fully saturated rings. The van der Waals surface area contributed by atoms with Crippen molar-refractivity contribution in [1.29, 1.82) is 0 Å². The number of benzene rings is 1. The molecule has 2 unspecified atom stereocenters. The molecule has 3 N–H and O–H groups in total. The van der Waals surface area contributed by atoms with Gasteiger partial charge in [-0.2, -0.15) is 13.2 Å². The minimum absolute atomic E-state index is 0.0767. The maximum absolute atomic E-state index is 13.3. The third kappa shape index (κ3) is 5.94. The molecule has 0 bridgehead atoms. The number of hydrogen-bond donors (Lipinski definition) is 3. The van der Waals surface area contributed by atoms with Crippen LogP contribution in [0.4, 0.5) is 13.2 Å². The summed E-state index contributed by atoms with van der Waals surface area (Å²) in [6, 6.07) is 6.66. The topological polar surface area (TPSA) is 47.5 Å². The number of alkyl halides is 3. The number of rotatable bonds is 7. The van der Waals surface area contributed by atoms with Gasteiger partial charge in [-0.3, -0.25) is 10.9 Å². The highest BCUT2D eigenvalue weighted by atomic mass is 19.4. The van der Waals surface area contributed by atoms with Crippen molar-refractivity contribution in [3.63, 3.8) is 0 Å². The minimum atomic E-state index is -4.36. The monoisotopic (exact) mass is 413 g/mol. The number of aliphatic hydroxyl groups is 1. The van der Waals surface area contributed by atoms with Crippen molar-refractivity contribution < 1.29 is 18.3 Å². The predicted molar refractivity (Wildman–Crippen MR) is 108 cm³/mol. The summed E-state index contributed by atoms with van der Waals surface area (Å²) < 4.78 is 40.0. The Labute approximate surface area is 171 Å². The van der Waals surface area contributed by atoms with Crippen LogP contribution in [0.25, 0.3) is 0 Å². The lowest BCUT2D eigenvalue weighted by atomic mass is 9.73. The molecule has 2 aliphatic heterocycles. The second-order valence-electron chi connectivity index (χ2n) is 9.34. The van der Waals surface area contributed by atoms with Crippen LogP contribution in [0.2, 0.25) is 0 Å². The maximum Gasteiger partial charge on any atom is 0.416 e. The van der Waals surface area contributed by atoms with Crippen LogP contribution < -0.4 is 10.9 Å². The Hall–Kier alpha value is -1.15. The maximum atomic E-state index is 13.3. The number of nitrogens with zero attached hydrogens (tertiary/aromatic N) is 1. The van der Waals surface area contributed by atoms with Gasteiger partial charge in [-0.15, -0.1) is 0 Å². The molecule has 29 heavy (non-hydrogen) atoms. The summed E-state index contributed by atoms with van der Waals surface area (Å²) >= 11 is 0.